The van der Waals surface area contributed by atoms with Crippen molar-refractivity contribution in [2.75, 3.05) is 31.5 Å². The van der Waals surface area contributed by atoms with E-state index in [0.29, 0.717) is 5.95 Å². The number of anilines is 2. The molecule has 0 atom stereocenters. The van der Waals surface area contributed by atoms with Crippen molar-refractivity contribution in [2.45, 2.75) is 6.54 Å². The van der Waals surface area contributed by atoms with E-state index in [1.807, 2.05) is 30.5 Å². The van der Waals surface area contributed by atoms with Crippen molar-refractivity contribution < 1.29 is 4.39 Å². The third kappa shape index (κ3) is 4.99. The first-order valence-electron chi connectivity index (χ1n) is 10.00. The van der Waals surface area contributed by atoms with Crippen LogP contribution in [0.3, 0.4) is 0 Å². The molecule has 1 fully saturated rings. The fraction of sp³-hybridized carbons (Fsp3) is 0.227. The summed E-state index contributed by atoms with van der Waals surface area (Å²) in [5.41, 5.74) is 4.58. The number of rotatable bonds is 5. The van der Waals surface area contributed by atoms with Crippen molar-refractivity contribution in [1.29, 1.82) is 0 Å². The first-order chi connectivity index (χ1) is 14.7. The summed E-state index contributed by atoms with van der Waals surface area (Å²) in [5, 5.41) is 6.63. The molecule has 0 amide bonds. The van der Waals surface area contributed by atoms with Crippen LogP contribution < -0.4 is 10.6 Å². The van der Waals surface area contributed by atoms with Gasteiger partial charge in [0.1, 0.15) is 5.82 Å². The number of H-pyrrole nitrogens is 1. The SMILES string of the molecule is Cl.Fc1cc(-c2ccc3nc(Nc4cc(CN5CCNCC5)ccn4)[nH]c3c2)ccn1. The van der Waals surface area contributed by atoms with E-state index in [2.05, 4.69) is 41.5 Å². The van der Waals surface area contributed by atoms with Gasteiger partial charge in [-0.2, -0.15) is 4.39 Å². The number of pyridine rings is 2. The molecule has 0 saturated carbocycles. The van der Waals surface area contributed by atoms with E-state index in [1.54, 1.807) is 6.07 Å². The number of fused-ring (bicyclic) bond motifs is 1. The minimum atomic E-state index is -0.494. The van der Waals surface area contributed by atoms with Gasteiger partial charge in [0, 0.05) is 51.2 Å². The molecule has 0 unspecified atom stereocenters. The van der Waals surface area contributed by atoms with Gasteiger partial charge in [-0.15, -0.1) is 12.4 Å². The highest BCUT2D eigenvalue weighted by atomic mass is 35.5. The quantitative estimate of drug-likeness (QED) is 0.411. The van der Waals surface area contributed by atoms with E-state index in [-0.39, 0.29) is 12.4 Å². The first kappa shape index (κ1) is 21.2. The van der Waals surface area contributed by atoms with Gasteiger partial charge in [0.25, 0.3) is 0 Å². The van der Waals surface area contributed by atoms with Crippen LogP contribution in [0.1, 0.15) is 5.56 Å². The predicted molar refractivity (Wildman–Crippen MR) is 122 cm³/mol. The van der Waals surface area contributed by atoms with Crippen molar-refractivity contribution >= 4 is 35.2 Å². The molecule has 1 aromatic carbocycles. The molecule has 9 heteroatoms. The zero-order valence-electron chi connectivity index (χ0n) is 16.8. The number of hydrogen-bond acceptors (Lipinski definition) is 6. The molecule has 5 rings (SSSR count). The molecule has 3 aromatic heterocycles. The maximum atomic E-state index is 13.4. The van der Waals surface area contributed by atoms with Crippen LogP contribution in [0.25, 0.3) is 22.2 Å². The summed E-state index contributed by atoms with van der Waals surface area (Å²) < 4.78 is 13.4. The smallest absolute Gasteiger partial charge is 0.213 e. The van der Waals surface area contributed by atoms with Gasteiger partial charge in [0.15, 0.2) is 0 Å². The highest BCUT2D eigenvalue weighted by Crippen LogP contribution is 2.25. The van der Waals surface area contributed by atoms with Crippen LogP contribution in [0.5, 0.6) is 0 Å². The number of piperazine rings is 1. The Balaban J connectivity index is 0.00000231. The van der Waals surface area contributed by atoms with Crippen LogP contribution in [-0.2, 0) is 6.54 Å². The molecule has 160 valence electrons. The van der Waals surface area contributed by atoms with Gasteiger partial charge in [-0.1, -0.05) is 6.07 Å². The van der Waals surface area contributed by atoms with Crippen molar-refractivity contribution in [3.05, 3.63) is 66.4 Å². The zero-order chi connectivity index (χ0) is 20.3. The Morgan fingerprint density at radius 1 is 0.968 bits per heavy atom. The lowest BCUT2D eigenvalue weighted by molar-refractivity contribution is 0.233. The molecule has 4 aromatic rings. The van der Waals surface area contributed by atoms with E-state index < -0.39 is 5.95 Å². The number of nitrogens with zero attached hydrogens (tertiary/aromatic N) is 4. The lowest BCUT2D eigenvalue weighted by Crippen LogP contribution is -2.42. The Labute approximate surface area is 185 Å². The number of imidazole rings is 1. The average molecular weight is 440 g/mol. The second-order valence-corrected chi connectivity index (χ2v) is 7.39. The molecular weight excluding hydrogens is 417 g/mol. The number of halogens is 2. The first-order valence-corrected chi connectivity index (χ1v) is 10.00. The lowest BCUT2D eigenvalue weighted by atomic mass is 10.1. The van der Waals surface area contributed by atoms with E-state index in [9.17, 15) is 4.39 Å². The van der Waals surface area contributed by atoms with Crippen molar-refractivity contribution in [1.82, 2.24) is 30.2 Å². The molecule has 1 saturated heterocycles. The largest absolute Gasteiger partial charge is 0.324 e. The fourth-order valence-electron chi connectivity index (χ4n) is 3.72. The average Bonchev–Trinajstić information content (AvgIpc) is 3.16. The number of hydrogen-bond donors (Lipinski definition) is 3. The Bertz CT molecular complexity index is 1170. The van der Waals surface area contributed by atoms with E-state index in [1.165, 1.54) is 17.8 Å². The predicted octanol–water partition coefficient (Wildman–Crippen LogP) is 3.73. The summed E-state index contributed by atoms with van der Waals surface area (Å²) in [6.07, 6.45) is 3.28. The van der Waals surface area contributed by atoms with Gasteiger partial charge in [0.05, 0.1) is 11.0 Å². The highest BCUT2D eigenvalue weighted by Gasteiger charge is 2.11. The Morgan fingerprint density at radius 3 is 2.61 bits per heavy atom. The summed E-state index contributed by atoms with van der Waals surface area (Å²) in [5.74, 6) is 0.874. The fourth-order valence-corrected chi connectivity index (χ4v) is 3.72. The van der Waals surface area contributed by atoms with Gasteiger partial charge >= 0.3 is 0 Å². The summed E-state index contributed by atoms with van der Waals surface area (Å²) in [7, 11) is 0. The summed E-state index contributed by atoms with van der Waals surface area (Å²) >= 11 is 0. The van der Waals surface area contributed by atoms with Crippen molar-refractivity contribution in [3.63, 3.8) is 0 Å². The van der Waals surface area contributed by atoms with E-state index >= 15 is 0 Å². The minimum absolute atomic E-state index is 0. The standard InChI is InChI=1S/C22H22FN7.ClH/c23-20-13-17(4-6-25-20)16-1-2-18-19(12-16)28-22(27-18)29-21-11-15(3-5-26-21)14-30-9-7-24-8-10-30;/h1-6,11-13,24H,7-10,14H2,(H2,26,27,28,29);1H. The van der Waals surface area contributed by atoms with Crippen LogP contribution in [0.2, 0.25) is 0 Å². The van der Waals surface area contributed by atoms with Crippen LogP contribution >= 0.6 is 12.4 Å². The molecule has 0 bridgehead atoms. The Morgan fingerprint density at radius 2 is 1.77 bits per heavy atom. The number of nitrogens with one attached hydrogen (secondary N) is 3. The van der Waals surface area contributed by atoms with Crippen LogP contribution in [0.15, 0.2) is 54.9 Å². The second kappa shape index (κ2) is 9.38. The summed E-state index contributed by atoms with van der Waals surface area (Å²) in [6.45, 7) is 5.08. The molecule has 0 spiro atoms. The Hall–Kier alpha value is -3.07. The molecule has 31 heavy (non-hydrogen) atoms. The van der Waals surface area contributed by atoms with Gasteiger partial charge < -0.3 is 15.6 Å². The van der Waals surface area contributed by atoms with E-state index in [4.69, 9.17) is 0 Å². The van der Waals surface area contributed by atoms with Crippen LogP contribution in [0.4, 0.5) is 16.2 Å². The Kier molecular flexibility index (Phi) is 6.41. The summed E-state index contributed by atoms with van der Waals surface area (Å²) in [4.78, 5) is 18.3. The molecular formula is C22H23ClFN7. The third-order valence-electron chi connectivity index (χ3n) is 5.23. The van der Waals surface area contributed by atoms with Crippen LogP contribution in [-0.4, -0.2) is 51.0 Å². The lowest BCUT2D eigenvalue weighted by Gasteiger charge is -2.27. The maximum Gasteiger partial charge on any atom is 0.213 e. The molecule has 3 N–H and O–H groups in total. The molecule has 7 nitrogen and oxygen atoms in total. The molecule has 0 aliphatic carbocycles. The van der Waals surface area contributed by atoms with Crippen molar-refractivity contribution in [3.8, 4) is 11.1 Å². The summed E-state index contributed by atoms with van der Waals surface area (Å²) in [6, 6.07) is 13.1. The molecule has 1 aliphatic rings. The number of aromatic amines is 1. The number of benzene rings is 1. The van der Waals surface area contributed by atoms with E-state index in [0.717, 1.165) is 60.7 Å². The van der Waals surface area contributed by atoms with Crippen LogP contribution in [0, 0.1) is 5.95 Å². The zero-order valence-corrected chi connectivity index (χ0v) is 17.6. The van der Waals surface area contributed by atoms with Gasteiger partial charge in [-0.3, -0.25) is 4.90 Å². The second-order valence-electron chi connectivity index (χ2n) is 7.39. The molecule has 0 radical (unpaired) electrons. The minimum Gasteiger partial charge on any atom is -0.324 e. The monoisotopic (exact) mass is 439 g/mol. The van der Waals surface area contributed by atoms with Gasteiger partial charge in [0.2, 0.25) is 11.9 Å². The topological polar surface area (TPSA) is 81.8 Å². The third-order valence-corrected chi connectivity index (χ3v) is 5.23. The normalized spacial score (nSPS) is 14.4. The van der Waals surface area contributed by atoms with Crippen molar-refractivity contribution in [2.24, 2.45) is 0 Å². The van der Waals surface area contributed by atoms with Gasteiger partial charge in [-0.05, 0) is 47.0 Å². The van der Waals surface area contributed by atoms with Gasteiger partial charge in [-0.25, -0.2) is 15.0 Å². The maximum absolute atomic E-state index is 13.4. The highest BCUT2D eigenvalue weighted by molar-refractivity contribution is 5.85. The molecule has 4 heterocycles. The number of aromatic nitrogens is 4. The molecule has 1 aliphatic heterocycles.